The number of nitrogens with two attached hydrogens (primary N) is 1. The summed E-state index contributed by atoms with van der Waals surface area (Å²) < 4.78 is 2.46. The normalized spacial score (nSPS) is 15.3. The molecule has 2 rings (SSSR count). The zero-order valence-electron chi connectivity index (χ0n) is 15.4. The minimum Gasteiger partial charge on any atom is -0.587 e. The minimum atomic E-state index is 0. The van der Waals surface area contributed by atoms with Gasteiger partial charge in [0.1, 0.15) is 12.3 Å². The standard InChI is InChI=1S/C18H29N3O.K/c1-14-18(2,3)16-13-15(22-20-4)9-10-17(16)21(14)12-8-6-5-7-11-19;/h9-10,13H,5-8,11-12,19H2,1-4H3;/q;+1. The summed E-state index contributed by atoms with van der Waals surface area (Å²) in [5.74, 6) is 0.812. The second kappa shape index (κ2) is 9.66. The van der Waals surface area contributed by atoms with Crippen LogP contribution >= 0.6 is 0 Å². The van der Waals surface area contributed by atoms with Crippen LogP contribution in [0.25, 0.3) is 5.48 Å². The molecule has 0 atom stereocenters. The van der Waals surface area contributed by atoms with Crippen molar-refractivity contribution in [1.29, 1.82) is 0 Å². The van der Waals surface area contributed by atoms with Crippen molar-refractivity contribution in [1.82, 2.24) is 0 Å². The number of fused-ring (bicyclic) bond motifs is 1. The number of unbranched alkanes of at least 4 members (excludes halogenated alkanes) is 3. The van der Waals surface area contributed by atoms with Crippen molar-refractivity contribution in [2.75, 3.05) is 20.1 Å². The Hall–Kier alpha value is 0.246. The van der Waals surface area contributed by atoms with Crippen LogP contribution in [0.1, 0.15) is 52.0 Å². The third-order valence-electron chi connectivity index (χ3n) is 4.77. The Labute approximate surface area is 183 Å². The molecule has 0 aliphatic carbocycles. The second-order valence-corrected chi connectivity index (χ2v) is 6.52. The second-order valence-electron chi connectivity index (χ2n) is 6.52. The molecule has 5 heteroatoms. The van der Waals surface area contributed by atoms with Crippen LogP contribution < -0.4 is 62.0 Å². The van der Waals surface area contributed by atoms with Gasteiger partial charge in [-0.15, -0.1) is 7.05 Å². The summed E-state index contributed by atoms with van der Waals surface area (Å²) in [4.78, 5) is 5.31. The van der Waals surface area contributed by atoms with Gasteiger partial charge in [0.15, 0.2) is 5.71 Å². The molecule has 1 aliphatic heterocycles. The van der Waals surface area contributed by atoms with Crippen LogP contribution in [0.3, 0.4) is 0 Å². The Kier molecular flexibility index (Phi) is 8.94. The molecule has 0 spiro atoms. The molecule has 2 N–H and O–H groups in total. The molecular weight excluding hydrogens is 313 g/mol. The van der Waals surface area contributed by atoms with E-state index in [2.05, 4.69) is 43.0 Å². The Bertz CT molecular complexity index is 555. The SMILES string of the molecule is C[N-]Oc1ccc2c(c1)C(C)(C)C(C)=[N+]2CCCCCCN.[K+]. The van der Waals surface area contributed by atoms with Crippen molar-refractivity contribution < 1.29 is 60.8 Å². The van der Waals surface area contributed by atoms with Crippen LogP contribution in [-0.2, 0) is 5.41 Å². The van der Waals surface area contributed by atoms with Crippen molar-refractivity contribution >= 4 is 11.4 Å². The van der Waals surface area contributed by atoms with Crippen molar-refractivity contribution in [2.45, 2.75) is 51.9 Å². The summed E-state index contributed by atoms with van der Waals surface area (Å²) in [7, 11) is 1.66. The summed E-state index contributed by atoms with van der Waals surface area (Å²) in [5.41, 5.74) is 13.4. The molecule has 0 unspecified atom stereocenters. The average Bonchev–Trinajstić information content (AvgIpc) is 2.68. The smallest absolute Gasteiger partial charge is 0.587 e. The number of hydrogen-bond acceptors (Lipinski definition) is 2. The molecule has 1 aromatic rings. The number of hydrogen-bond donors (Lipinski definition) is 1. The van der Waals surface area contributed by atoms with Gasteiger partial charge in [0, 0.05) is 25.0 Å². The predicted octanol–water partition coefficient (Wildman–Crippen LogP) is 0.903. The molecule has 0 bridgehead atoms. The zero-order valence-corrected chi connectivity index (χ0v) is 18.5. The first kappa shape index (κ1) is 21.3. The van der Waals surface area contributed by atoms with E-state index < -0.39 is 0 Å². The molecule has 0 aromatic heterocycles. The van der Waals surface area contributed by atoms with E-state index in [-0.39, 0.29) is 56.8 Å². The van der Waals surface area contributed by atoms with E-state index in [1.807, 2.05) is 6.07 Å². The van der Waals surface area contributed by atoms with Gasteiger partial charge >= 0.3 is 51.4 Å². The molecule has 0 radical (unpaired) electrons. The fourth-order valence-corrected chi connectivity index (χ4v) is 3.18. The van der Waals surface area contributed by atoms with Crippen molar-refractivity contribution in [3.8, 4) is 5.75 Å². The number of rotatable bonds is 8. The van der Waals surface area contributed by atoms with Crippen LogP contribution in [0.5, 0.6) is 5.75 Å². The maximum absolute atomic E-state index is 5.56. The molecule has 0 fully saturated rings. The van der Waals surface area contributed by atoms with Crippen molar-refractivity contribution in [2.24, 2.45) is 5.73 Å². The van der Waals surface area contributed by atoms with E-state index >= 15 is 0 Å². The first-order valence-electron chi connectivity index (χ1n) is 8.24. The van der Waals surface area contributed by atoms with Gasteiger partial charge in [0.25, 0.3) is 0 Å². The minimum absolute atomic E-state index is 0. The van der Waals surface area contributed by atoms with Crippen LogP contribution in [0.4, 0.5) is 5.69 Å². The van der Waals surface area contributed by atoms with Gasteiger partial charge < -0.3 is 16.1 Å². The van der Waals surface area contributed by atoms with E-state index in [4.69, 9.17) is 10.6 Å². The monoisotopic (exact) mass is 342 g/mol. The molecule has 23 heavy (non-hydrogen) atoms. The van der Waals surface area contributed by atoms with Crippen LogP contribution in [0, 0.1) is 0 Å². The average molecular weight is 343 g/mol. The van der Waals surface area contributed by atoms with Gasteiger partial charge in [-0.2, -0.15) is 4.58 Å². The molecule has 122 valence electrons. The van der Waals surface area contributed by atoms with E-state index in [0.29, 0.717) is 0 Å². The Morgan fingerprint density at radius 1 is 1.17 bits per heavy atom. The molecule has 0 amide bonds. The molecule has 1 heterocycles. The maximum Gasteiger partial charge on any atom is 1.00 e. The summed E-state index contributed by atoms with van der Waals surface area (Å²) in [6.45, 7) is 8.68. The Balaban J connectivity index is 0.00000264. The van der Waals surface area contributed by atoms with Crippen molar-refractivity contribution in [3.05, 3.63) is 29.2 Å². The fourth-order valence-electron chi connectivity index (χ4n) is 3.18. The number of benzene rings is 1. The third kappa shape index (κ3) is 4.88. The van der Waals surface area contributed by atoms with Gasteiger partial charge in [-0.05, 0) is 45.4 Å². The molecule has 1 aliphatic rings. The topological polar surface area (TPSA) is 52.4 Å². The van der Waals surface area contributed by atoms with Gasteiger partial charge in [0.2, 0.25) is 5.69 Å². The van der Waals surface area contributed by atoms with Crippen LogP contribution in [-0.4, -0.2) is 30.4 Å². The fraction of sp³-hybridized carbons (Fsp3) is 0.611. The Morgan fingerprint density at radius 2 is 1.87 bits per heavy atom. The van der Waals surface area contributed by atoms with Gasteiger partial charge in [-0.25, -0.2) is 0 Å². The predicted molar refractivity (Wildman–Crippen MR) is 92.4 cm³/mol. The number of nitrogens with zero attached hydrogens (tertiary/aromatic N) is 2. The van der Waals surface area contributed by atoms with E-state index in [9.17, 15) is 0 Å². The Morgan fingerprint density at radius 3 is 2.52 bits per heavy atom. The molecule has 0 saturated heterocycles. The first-order valence-corrected chi connectivity index (χ1v) is 8.24. The van der Waals surface area contributed by atoms with E-state index in [0.717, 1.165) is 25.3 Å². The zero-order chi connectivity index (χ0) is 16.2. The quantitative estimate of drug-likeness (QED) is 0.330. The third-order valence-corrected chi connectivity index (χ3v) is 4.77. The first-order chi connectivity index (χ1) is 10.5. The molecule has 4 nitrogen and oxygen atoms in total. The summed E-state index contributed by atoms with van der Waals surface area (Å²) in [5, 5.41) is 0. The number of hydroxylamine groups is 1. The summed E-state index contributed by atoms with van der Waals surface area (Å²) in [6, 6.07) is 6.29. The van der Waals surface area contributed by atoms with Crippen molar-refractivity contribution in [3.63, 3.8) is 0 Å². The summed E-state index contributed by atoms with van der Waals surface area (Å²) in [6.07, 6.45) is 4.80. The molecule has 0 saturated carbocycles. The molecule has 1 aromatic carbocycles. The van der Waals surface area contributed by atoms with E-state index in [1.54, 1.807) is 7.05 Å². The van der Waals surface area contributed by atoms with Crippen LogP contribution in [0.2, 0.25) is 0 Å². The van der Waals surface area contributed by atoms with Gasteiger partial charge in [-0.1, -0.05) is 6.42 Å². The van der Waals surface area contributed by atoms with Crippen LogP contribution in [0.15, 0.2) is 18.2 Å². The van der Waals surface area contributed by atoms with Gasteiger partial charge in [-0.3, -0.25) is 0 Å². The largest absolute Gasteiger partial charge is 1.00 e. The maximum atomic E-state index is 5.56. The van der Waals surface area contributed by atoms with Gasteiger partial charge in [0.05, 0.1) is 5.41 Å². The summed E-state index contributed by atoms with van der Waals surface area (Å²) >= 11 is 0. The molecular formula is C18H29KN3O+. The van der Waals surface area contributed by atoms with E-state index in [1.165, 1.54) is 36.2 Å².